The predicted molar refractivity (Wildman–Crippen MR) is 85.4 cm³/mol. The van der Waals surface area contributed by atoms with Gasteiger partial charge in [-0.05, 0) is 49.3 Å². The Morgan fingerprint density at radius 2 is 1.86 bits per heavy atom. The molecule has 0 radical (unpaired) electrons. The number of thiocarbonyl (C=S) groups is 1. The Hall–Kier alpha value is -1.22. The van der Waals surface area contributed by atoms with E-state index >= 15 is 0 Å². The Balaban J connectivity index is 1.93. The molecule has 1 fully saturated rings. The monoisotopic (exact) mass is 329 g/mol. The van der Waals surface area contributed by atoms with E-state index in [1.807, 2.05) is 0 Å². The smallest absolute Gasteiger partial charge is 0.238 e. The fraction of sp³-hybridized carbons (Fsp3) is 0.462. The zero-order valence-electron chi connectivity index (χ0n) is 11.5. The van der Waals surface area contributed by atoms with Crippen LogP contribution < -0.4 is 15.8 Å². The maximum absolute atomic E-state index is 11.2. The number of primary sulfonamides is 1. The lowest BCUT2D eigenvalue weighted by atomic mass is 9.93. The van der Waals surface area contributed by atoms with Crippen LogP contribution in [0.1, 0.15) is 25.7 Å². The summed E-state index contributed by atoms with van der Waals surface area (Å²) in [4.78, 5) is 0.0506. The molecule has 8 heteroatoms. The van der Waals surface area contributed by atoms with Crippen molar-refractivity contribution in [3.63, 3.8) is 0 Å². The lowest BCUT2D eigenvalue weighted by molar-refractivity contribution is 0.100. The lowest BCUT2D eigenvalue weighted by Crippen LogP contribution is -2.46. The third kappa shape index (κ3) is 4.63. The van der Waals surface area contributed by atoms with Crippen molar-refractivity contribution < 1.29 is 13.5 Å². The van der Waals surface area contributed by atoms with Crippen molar-refractivity contribution >= 4 is 33.0 Å². The summed E-state index contributed by atoms with van der Waals surface area (Å²) in [6.07, 6.45) is 3.38. The molecule has 0 amide bonds. The molecule has 0 bridgehead atoms. The van der Waals surface area contributed by atoms with E-state index in [4.69, 9.17) is 17.4 Å². The van der Waals surface area contributed by atoms with Gasteiger partial charge in [0.2, 0.25) is 10.0 Å². The van der Waals surface area contributed by atoms with Gasteiger partial charge < -0.3 is 15.7 Å². The molecule has 1 aliphatic carbocycles. The van der Waals surface area contributed by atoms with Crippen molar-refractivity contribution in [3.05, 3.63) is 24.3 Å². The molecule has 0 spiro atoms. The van der Waals surface area contributed by atoms with Crippen molar-refractivity contribution in [1.29, 1.82) is 0 Å². The molecule has 0 saturated heterocycles. The van der Waals surface area contributed by atoms with Gasteiger partial charge in [0, 0.05) is 5.69 Å². The molecule has 1 aromatic rings. The number of aliphatic hydroxyl groups is 1. The van der Waals surface area contributed by atoms with Crippen LogP contribution in [0.3, 0.4) is 0 Å². The number of hydrogen-bond acceptors (Lipinski definition) is 4. The van der Waals surface area contributed by atoms with Crippen LogP contribution in [0.15, 0.2) is 29.2 Å². The number of hydrogen-bond donors (Lipinski definition) is 4. The van der Waals surface area contributed by atoms with E-state index in [-0.39, 0.29) is 17.0 Å². The maximum atomic E-state index is 11.2. The molecule has 5 N–H and O–H groups in total. The molecule has 116 valence electrons. The number of benzene rings is 1. The summed E-state index contributed by atoms with van der Waals surface area (Å²) >= 11 is 5.20. The quantitative estimate of drug-likeness (QED) is 0.615. The normalized spacial score (nSPS) is 22.6. The van der Waals surface area contributed by atoms with Crippen LogP contribution in [-0.4, -0.2) is 30.8 Å². The van der Waals surface area contributed by atoms with Gasteiger partial charge in [-0.3, -0.25) is 0 Å². The second-order valence-corrected chi connectivity index (χ2v) is 7.10. The molecule has 21 heavy (non-hydrogen) atoms. The highest BCUT2D eigenvalue weighted by atomic mass is 32.2. The van der Waals surface area contributed by atoms with Crippen LogP contribution in [0, 0.1) is 0 Å². The summed E-state index contributed by atoms with van der Waals surface area (Å²) in [7, 11) is -3.69. The van der Waals surface area contributed by atoms with Gasteiger partial charge in [-0.25, -0.2) is 13.6 Å². The first-order valence-corrected chi connectivity index (χ1v) is 8.70. The third-order valence-electron chi connectivity index (χ3n) is 3.49. The second kappa shape index (κ2) is 6.69. The van der Waals surface area contributed by atoms with E-state index in [0.29, 0.717) is 10.8 Å². The van der Waals surface area contributed by atoms with E-state index in [2.05, 4.69) is 10.6 Å². The second-order valence-electron chi connectivity index (χ2n) is 5.13. The van der Waals surface area contributed by atoms with Crippen molar-refractivity contribution in [2.24, 2.45) is 5.14 Å². The van der Waals surface area contributed by atoms with Crippen LogP contribution in [0.4, 0.5) is 5.69 Å². The molecule has 2 unspecified atom stereocenters. The highest BCUT2D eigenvalue weighted by Gasteiger charge is 2.23. The van der Waals surface area contributed by atoms with Gasteiger partial charge in [0.05, 0.1) is 17.0 Å². The molecule has 1 saturated carbocycles. The van der Waals surface area contributed by atoms with Gasteiger partial charge in [-0.15, -0.1) is 0 Å². The topological polar surface area (TPSA) is 104 Å². The van der Waals surface area contributed by atoms with Crippen LogP contribution in [0.5, 0.6) is 0 Å². The van der Waals surface area contributed by atoms with E-state index in [1.165, 1.54) is 12.1 Å². The Bertz CT molecular complexity index is 602. The van der Waals surface area contributed by atoms with Gasteiger partial charge >= 0.3 is 0 Å². The number of anilines is 1. The fourth-order valence-corrected chi connectivity index (χ4v) is 3.13. The van der Waals surface area contributed by atoms with Crippen LogP contribution in [0.2, 0.25) is 0 Å². The molecule has 2 atom stereocenters. The van der Waals surface area contributed by atoms with Crippen molar-refractivity contribution in [1.82, 2.24) is 5.32 Å². The SMILES string of the molecule is NS(=O)(=O)c1ccc(NC(=S)NC2CCCCC2O)cc1. The van der Waals surface area contributed by atoms with Crippen molar-refractivity contribution in [2.75, 3.05) is 5.32 Å². The summed E-state index contributed by atoms with van der Waals surface area (Å²) in [5, 5.41) is 21.4. The third-order valence-corrected chi connectivity index (χ3v) is 4.64. The van der Waals surface area contributed by atoms with E-state index in [1.54, 1.807) is 12.1 Å². The Kier molecular flexibility index (Phi) is 5.15. The molecule has 6 nitrogen and oxygen atoms in total. The summed E-state index contributed by atoms with van der Waals surface area (Å²) in [5.74, 6) is 0. The lowest BCUT2D eigenvalue weighted by Gasteiger charge is -2.29. The molecule has 2 rings (SSSR count). The average molecular weight is 329 g/mol. The van der Waals surface area contributed by atoms with Gasteiger partial charge in [-0.1, -0.05) is 12.8 Å². The first kappa shape index (κ1) is 16.2. The van der Waals surface area contributed by atoms with E-state index in [0.717, 1.165) is 25.7 Å². The zero-order chi connectivity index (χ0) is 15.5. The van der Waals surface area contributed by atoms with Crippen LogP contribution >= 0.6 is 12.2 Å². The van der Waals surface area contributed by atoms with Crippen LogP contribution in [-0.2, 0) is 10.0 Å². The Morgan fingerprint density at radius 3 is 2.43 bits per heavy atom. The highest BCUT2D eigenvalue weighted by molar-refractivity contribution is 7.89. The minimum atomic E-state index is -3.69. The zero-order valence-corrected chi connectivity index (χ0v) is 13.1. The largest absolute Gasteiger partial charge is 0.391 e. The first-order valence-electron chi connectivity index (χ1n) is 6.75. The Labute approximate surface area is 129 Å². The first-order chi connectivity index (χ1) is 9.86. The van der Waals surface area contributed by atoms with Gasteiger partial charge in [0.25, 0.3) is 0 Å². The fourth-order valence-electron chi connectivity index (χ4n) is 2.34. The maximum Gasteiger partial charge on any atom is 0.238 e. The molecule has 1 aliphatic rings. The number of aliphatic hydroxyl groups excluding tert-OH is 1. The number of sulfonamides is 1. The van der Waals surface area contributed by atoms with E-state index < -0.39 is 10.0 Å². The van der Waals surface area contributed by atoms with Gasteiger partial charge in [-0.2, -0.15) is 0 Å². The Morgan fingerprint density at radius 1 is 1.24 bits per heavy atom. The number of nitrogens with two attached hydrogens (primary N) is 1. The molecular weight excluding hydrogens is 310 g/mol. The molecule has 0 heterocycles. The van der Waals surface area contributed by atoms with Crippen LogP contribution in [0.25, 0.3) is 0 Å². The summed E-state index contributed by atoms with van der Waals surface area (Å²) in [5.41, 5.74) is 0.658. The number of nitrogens with one attached hydrogen (secondary N) is 2. The molecule has 1 aromatic carbocycles. The van der Waals surface area contributed by atoms with E-state index in [9.17, 15) is 13.5 Å². The summed E-state index contributed by atoms with van der Waals surface area (Å²) in [6.45, 7) is 0. The number of rotatable bonds is 3. The highest BCUT2D eigenvalue weighted by Crippen LogP contribution is 2.18. The summed E-state index contributed by atoms with van der Waals surface area (Å²) in [6, 6.07) is 5.96. The molecular formula is C13H19N3O3S2. The standard InChI is InChI=1S/C13H19N3O3S2/c14-21(18,19)10-7-5-9(6-8-10)15-13(20)16-11-3-1-2-4-12(11)17/h5-8,11-12,17H,1-4H2,(H2,14,18,19)(H2,15,16,20). The van der Waals surface area contributed by atoms with Crippen molar-refractivity contribution in [3.8, 4) is 0 Å². The predicted octanol–water partition coefficient (Wildman–Crippen LogP) is 0.924. The minimum absolute atomic E-state index is 0.0394. The van der Waals surface area contributed by atoms with Crippen molar-refractivity contribution in [2.45, 2.75) is 42.7 Å². The molecule has 0 aromatic heterocycles. The average Bonchev–Trinajstić information content (AvgIpc) is 2.41. The summed E-state index contributed by atoms with van der Waals surface area (Å²) < 4.78 is 22.3. The minimum Gasteiger partial charge on any atom is -0.391 e. The molecule has 0 aliphatic heterocycles. The van der Waals surface area contributed by atoms with Gasteiger partial charge in [0.1, 0.15) is 0 Å². The van der Waals surface area contributed by atoms with Gasteiger partial charge in [0.15, 0.2) is 5.11 Å².